The molecule has 76 valence electrons. The Morgan fingerprint density at radius 1 is 1.43 bits per heavy atom. The van der Waals surface area contributed by atoms with Crippen LogP contribution in [-0.4, -0.2) is 21.0 Å². The molecule has 1 aliphatic rings. The Hall–Kier alpha value is -1.52. The van der Waals surface area contributed by atoms with E-state index in [2.05, 4.69) is 9.97 Å². The van der Waals surface area contributed by atoms with Crippen LogP contribution in [0.15, 0.2) is 4.79 Å². The summed E-state index contributed by atoms with van der Waals surface area (Å²) >= 11 is 0. The summed E-state index contributed by atoms with van der Waals surface area (Å²) in [6.07, 6.45) is 2.46. The molecule has 1 aliphatic carbocycles. The number of H-pyrrole nitrogens is 2. The van der Waals surface area contributed by atoms with Gasteiger partial charge >= 0.3 is 11.7 Å². The van der Waals surface area contributed by atoms with Crippen molar-refractivity contribution in [2.45, 2.75) is 25.7 Å². The normalized spacial score (nSPS) is 20.4. The molecule has 1 atom stereocenters. The number of hydrogen-bond donors (Lipinski definition) is 3. The largest absolute Gasteiger partial charge is 0.481 e. The first-order chi connectivity index (χ1) is 6.65. The standard InChI is InChI=1S/C9H12N2O3/c12-8(13)4-5-1-2-6-7(3-5)11-9(14)10-6/h5H,1-4H2,(H,12,13)(H2,10,11,14). The van der Waals surface area contributed by atoms with Gasteiger partial charge < -0.3 is 15.1 Å². The third-order valence-electron chi connectivity index (χ3n) is 2.65. The molecule has 1 unspecified atom stereocenters. The predicted octanol–water partition coefficient (Wildman–Crippen LogP) is 0.283. The number of rotatable bonds is 2. The lowest BCUT2D eigenvalue weighted by atomic mass is 9.87. The van der Waals surface area contributed by atoms with Crippen LogP contribution >= 0.6 is 0 Å². The molecule has 0 saturated carbocycles. The number of carbonyl (C=O) groups is 1. The van der Waals surface area contributed by atoms with Crippen LogP contribution in [0, 0.1) is 5.92 Å². The Morgan fingerprint density at radius 2 is 2.14 bits per heavy atom. The fraction of sp³-hybridized carbons (Fsp3) is 0.556. The minimum absolute atomic E-state index is 0.159. The third-order valence-corrected chi connectivity index (χ3v) is 2.65. The molecule has 0 radical (unpaired) electrons. The minimum Gasteiger partial charge on any atom is -0.481 e. The maximum absolute atomic E-state index is 11.0. The molecule has 3 N–H and O–H groups in total. The highest BCUT2D eigenvalue weighted by molar-refractivity contribution is 5.67. The van der Waals surface area contributed by atoms with Crippen LogP contribution < -0.4 is 5.69 Å². The van der Waals surface area contributed by atoms with Gasteiger partial charge in [0.15, 0.2) is 0 Å². The fourth-order valence-electron chi connectivity index (χ4n) is 2.00. The minimum atomic E-state index is -0.767. The van der Waals surface area contributed by atoms with Gasteiger partial charge in [0.1, 0.15) is 0 Å². The maximum Gasteiger partial charge on any atom is 0.323 e. The summed E-state index contributed by atoms with van der Waals surface area (Å²) in [4.78, 5) is 26.9. The Morgan fingerprint density at radius 3 is 2.86 bits per heavy atom. The van der Waals surface area contributed by atoms with E-state index >= 15 is 0 Å². The molecular weight excluding hydrogens is 184 g/mol. The van der Waals surface area contributed by atoms with Gasteiger partial charge in [-0.25, -0.2) is 4.79 Å². The highest BCUT2D eigenvalue weighted by Crippen LogP contribution is 2.24. The monoisotopic (exact) mass is 196 g/mol. The highest BCUT2D eigenvalue weighted by atomic mass is 16.4. The number of carboxylic acids is 1. The molecule has 0 spiro atoms. The summed E-state index contributed by atoms with van der Waals surface area (Å²) in [7, 11) is 0. The Kier molecular flexibility index (Phi) is 2.15. The van der Waals surface area contributed by atoms with E-state index in [1.807, 2.05) is 0 Å². The molecule has 0 aliphatic heterocycles. The molecule has 0 bridgehead atoms. The van der Waals surface area contributed by atoms with E-state index in [0.717, 1.165) is 24.2 Å². The highest BCUT2D eigenvalue weighted by Gasteiger charge is 2.22. The van der Waals surface area contributed by atoms with Crippen LogP contribution in [0.25, 0.3) is 0 Å². The number of carboxylic acid groups (broad SMARTS) is 1. The van der Waals surface area contributed by atoms with Crippen LogP contribution in [0.3, 0.4) is 0 Å². The van der Waals surface area contributed by atoms with Crippen molar-refractivity contribution in [2.24, 2.45) is 5.92 Å². The maximum atomic E-state index is 11.0. The number of nitrogens with one attached hydrogen (secondary N) is 2. The van der Waals surface area contributed by atoms with Crippen LogP contribution in [0.1, 0.15) is 24.2 Å². The molecule has 0 fully saturated rings. The molecule has 1 aromatic rings. The average molecular weight is 196 g/mol. The number of hydrogen-bond acceptors (Lipinski definition) is 2. The second-order valence-electron chi connectivity index (χ2n) is 3.74. The molecule has 1 aromatic heterocycles. The van der Waals surface area contributed by atoms with E-state index in [0.29, 0.717) is 6.42 Å². The van der Waals surface area contributed by atoms with Crippen LogP contribution in [0.4, 0.5) is 0 Å². The predicted molar refractivity (Wildman–Crippen MR) is 49.2 cm³/mol. The lowest BCUT2D eigenvalue weighted by Gasteiger charge is -2.19. The van der Waals surface area contributed by atoms with Crippen LogP contribution in [0.5, 0.6) is 0 Å². The summed E-state index contributed by atoms with van der Waals surface area (Å²) < 4.78 is 0. The second kappa shape index (κ2) is 3.32. The smallest absolute Gasteiger partial charge is 0.323 e. The second-order valence-corrected chi connectivity index (χ2v) is 3.74. The lowest BCUT2D eigenvalue weighted by molar-refractivity contribution is -0.138. The van der Waals surface area contributed by atoms with E-state index in [9.17, 15) is 9.59 Å². The summed E-state index contributed by atoms with van der Waals surface area (Å²) in [5, 5.41) is 8.64. The zero-order valence-corrected chi connectivity index (χ0v) is 7.67. The van der Waals surface area contributed by atoms with Crippen molar-refractivity contribution in [2.75, 3.05) is 0 Å². The molecule has 5 nitrogen and oxygen atoms in total. The van der Waals surface area contributed by atoms with Gasteiger partial charge in [-0.3, -0.25) is 4.79 Å². The summed E-state index contributed by atoms with van der Waals surface area (Å²) in [5.41, 5.74) is 1.63. The van der Waals surface area contributed by atoms with Crippen molar-refractivity contribution in [3.05, 3.63) is 21.9 Å². The topological polar surface area (TPSA) is 85.9 Å². The first kappa shape index (κ1) is 9.05. The van der Waals surface area contributed by atoms with E-state index in [-0.39, 0.29) is 18.0 Å². The van der Waals surface area contributed by atoms with Crippen molar-refractivity contribution >= 4 is 5.97 Å². The van der Waals surface area contributed by atoms with Crippen molar-refractivity contribution in [1.29, 1.82) is 0 Å². The van der Waals surface area contributed by atoms with Crippen molar-refractivity contribution in [3.63, 3.8) is 0 Å². The molecule has 5 heteroatoms. The molecule has 2 rings (SSSR count). The third kappa shape index (κ3) is 1.71. The van der Waals surface area contributed by atoms with Crippen LogP contribution in [0.2, 0.25) is 0 Å². The number of aryl methyl sites for hydroxylation is 1. The zero-order chi connectivity index (χ0) is 10.1. The van der Waals surface area contributed by atoms with E-state index < -0.39 is 5.97 Å². The van der Waals surface area contributed by atoms with E-state index in [1.54, 1.807) is 0 Å². The number of fused-ring (bicyclic) bond motifs is 1. The number of aliphatic carboxylic acids is 1. The fourth-order valence-corrected chi connectivity index (χ4v) is 2.00. The SMILES string of the molecule is O=C(O)CC1CCc2[nH]c(=O)[nH]c2C1. The first-order valence-corrected chi connectivity index (χ1v) is 4.67. The summed E-state index contributed by atoms with van der Waals surface area (Å²) in [6.45, 7) is 0. The molecule has 0 amide bonds. The Balaban J connectivity index is 2.13. The Labute approximate surface area is 80.2 Å². The summed E-state index contributed by atoms with van der Waals surface area (Å²) in [6, 6.07) is 0. The van der Waals surface area contributed by atoms with Crippen molar-refractivity contribution < 1.29 is 9.90 Å². The van der Waals surface area contributed by atoms with Crippen molar-refractivity contribution in [1.82, 2.24) is 9.97 Å². The van der Waals surface area contributed by atoms with Gasteiger partial charge in [0.05, 0.1) is 0 Å². The van der Waals surface area contributed by atoms with Gasteiger partial charge in [-0.05, 0) is 25.2 Å². The van der Waals surface area contributed by atoms with E-state index in [4.69, 9.17) is 5.11 Å². The first-order valence-electron chi connectivity index (χ1n) is 4.67. The quantitative estimate of drug-likeness (QED) is 0.635. The molecule has 0 saturated heterocycles. The zero-order valence-electron chi connectivity index (χ0n) is 7.67. The summed E-state index contributed by atoms with van der Waals surface area (Å²) in [5.74, 6) is -0.609. The average Bonchev–Trinajstić information content (AvgIpc) is 2.42. The number of imidazole rings is 1. The van der Waals surface area contributed by atoms with Gasteiger partial charge in [-0.2, -0.15) is 0 Å². The van der Waals surface area contributed by atoms with E-state index in [1.165, 1.54) is 0 Å². The van der Waals surface area contributed by atoms with Crippen molar-refractivity contribution in [3.8, 4) is 0 Å². The van der Waals surface area contributed by atoms with Gasteiger partial charge in [0.2, 0.25) is 0 Å². The Bertz CT molecular complexity index is 404. The molecular formula is C9H12N2O3. The molecule has 0 aromatic carbocycles. The molecule has 1 heterocycles. The number of aromatic amines is 2. The number of aromatic nitrogens is 2. The van der Waals surface area contributed by atoms with Gasteiger partial charge in [-0.15, -0.1) is 0 Å². The van der Waals surface area contributed by atoms with Gasteiger partial charge in [-0.1, -0.05) is 0 Å². The van der Waals surface area contributed by atoms with Crippen LogP contribution in [-0.2, 0) is 17.6 Å². The van der Waals surface area contributed by atoms with Gasteiger partial charge in [0, 0.05) is 17.8 Å². The lowest BCUT2D eigenvalue weighted by Crippen LogP contribution is -2.17. The van der Waals surface area contributed by atoms with Gasteiger partial charge in [0.25, 0.3) is 0 Å². The molecule has 14 heavy (non-hydrogen) atoms.